The van der Waals surface area contributed by atoms with Crippen LogP contribution in [0.3, 0.4) is 0 Å². The van der Waals surface area contributed by atoms with Crippen LogP contribution in [0, 0.1) is 0 Å². The normalized spacial score (nSPS) is 11.6. The minimum Gasteiger partial charge on any atom is -0.455 e. The van der Waals surface area contributed by atoms with Gasteiger partial charge in [0.25, 0.3) is 0 Å². The lowest BCUT2D eigenvalue weighted by atomic mass is 10.0. The Hall–Kier alpha value is -6.57. The first-order valence-electron chi connectivity index (χ1n) is 16.3. The molecule has 6 nitrogen and oxygen atoms in total. The standard InChI is InChI=1S/C43H25N5OS/c1-4-14-26(15-5-1)40-44-35(31-22-12-21-30-29-20-10-11-25-34(29)49-37(30)31)39-36(45-40)32-23-13-24-33(38(32)50-39)43-47-41(27-16-6-2-7-17-27)46-42(48-43)28-18-8-3-9-19-28/h1-25H. The van der Waals surface area contributed by atoms with E-state index in [0.717, 1.165) is 75.8 Å². The highest BCUT2D eigenvalue weighted by Gasteiger charge is 2.23. The smallest absolute Gasteiger partial charge is 0.165 e. The molecule has 0 spiro atoms. The van der Waals surface area contributed by atoms with Crippen LogP contribution in [-0.2, 0) is 0 Å². The number of rotatable bonds is 5. The maximum Gasteiger partial charge on any atom is 0.165 e. The average molecular weight is 660 g/mol. The zero-order chi connectivity index (χ0) is 33.0. The lowest BCUT2D eigenvalue weighted by Crippen LogP contribution is -2.00. The highest BCUT2D eigenvalue weighted by Crippen LogP contribution is 2.45. The highest BCUT2D eigenvalue weighted by molar-refractivity contribution is 7.26. The van der Waals surface area contributed by atoms with Crippen LogP contribution < -0.4 is 0 Å². The summed E-state index contributed by atoms with van der Waals surface area (Å²) in [6, 6.07) is 51.0. The van der Waals surface area contributed by atoms with Gasteiger partial charge in [-0.25, -0.2) is 24.9 Å². The molecule has 0 N–H and O–H groups in total. The number of thiophene rings is 1. The Kier molecular flexibility index (Phi) is 6.57. The first kappa shape index (κ1) is 28.4. The Balaban J connectivity index is 1.26. The molecule has 234 valence electrons. The van der Waals surface area contributed by atoms with Crippen molar-refractivity contribution in [3.63, 3.8) is 0 Å². The monoisotopic (exact) mass is 659 g/mol. The molecule has 0 unspecified atom stereocenters. The Morgan fingerprint density at radius 1 is 0.380 bits per heavy atom. The van der Waals surface area contributed by atoms with Crippen LogP contribution in [0.2, 0.25) is 0 Å². The fraction of sp³-hybridized carbons (Fsp3) is 0. The van der Waals surface area contributed by atoms with E-state index in [1.807, 2.05) is 109 Å². The molecule has 0 aliphatic rings. The third kappa shape index (κ3) is 4.67. The largest absolute Gasteiger partial charge is 0.455 e. The summed E-state index contributed by atoms with van der Waals surface area (Å²) in [6.45, 7) is 0. The summed E-state index contributed by atoms with van der Waals surface area (Å²) in [7, 11) is 0. The molecule has 6 aromatic carbocycles. The predicted molar refractivity (Wildman–Crippen MR) is 203 cm³/mol. The third-order valence-electron chi connectivity index (χ3n) is 8.97. The maximum absolute atomic E-state index is 6.53. The summed E-state index contributed by atoms with van der Waals surface area (Å²) >= 11 is 1.66. The second kappa shape index (κ2) is 11.5. The zero-order valence-corrected chi connectivity index (χ0v) is 27.3. The number of hydrogen-bond donors (Lipinski definition) is 0. The molecule has 50 heavy (non-hydrogen) atoms. The number of hydrogen-bond acceptors (Lipinski definition) is 7. The SMILES string of the molecule is c1ccc(-c2nc(-c3ccccc3)nc(-c3cccc4c3sc3c(-c5cccc6c5oc5ccccc56)nc(-c5ccccc5)nc34)n2)cc1. The van der Waals surface area contributed by atoms with Crippen LogP contribution in [0.4, 0.5) is 0 Å². The molecule has 0 atom stereocenters. The van der Waals surface area contributed by atoms with E-state index in [1.54, 1.807) is 11.3 Å². The third-order valence-corrected chi connectivity index (χ3v) is 10.2. The van der Waals surface area contributed by atoms with E-state index in [1.165, 1.54) is 0 Å². The van der Waals surface area contributed by atoms with Gasteiger partial charge < -0.3 is 4.42 Å². The number of aromatic nitrogens is 5. The molecule has 0 bridgehead atoms. The van der Waals surface area contributed by atoms with E-state index in [4.69, 9.17) is 29.3 Å². The highest BCUT2D eigenvalue weighted by atomic mass is 32.1. The summed E-state index contributed by atoms with van der Waals surface area (Å²) in [5, 5.41) is 3.15. The Morgan fingerprint density at radius 3 is 1.56 bits per heavy atom. The summed E-state index contributed by atoms with van der Waals surface area (Å²) < 4.78 is 8.53. The van der Waals surface area contributed by atoms with Crippen molar-refractivity contribution in [3.05, 3.63) is 152 Å². The van der Waals surface area contributed by atoms with Crippen molar-refractivity contribution in [2.24, 2.45) is 0 Å². The molecular weight excluding hydrogens is 635 g/mol. The Bertz CT molecular complexity index is 2810. The molecule has 0 aliphatic heterocycles. The second-order valence-electron chi connectivity index (χ2n) is 12.0. The van der Waals surface area contributed by atoms with Gasteiger partial charge in [-0.15, -0.1) is 11.3 Å². The van der Waals surface area contributed by atoms with Gasteiger partial charge in [0.2, 0.25) is 0 Å². The predicted octanol–water partition coefficient (Wildman–Crippen LogP) is 11.3. The van der Waals surface area contributed by atoms with Crippen molar-refractivity contribution in [1.29, 1.82) is 0 Å². The molecule has 0 radical (unpaired) electrons. The van der Waals surface area contributed by atoms with Gasteiger partial charge in [-0.05, 0) is 18.2 Å². The minimum atomic E-state index is 0.604. The van der Waals surface area contributed by atoms with Crippen LogP contribution >= 0.6 is 11.3 Å². The van der Waals surface area contributed by atoms with Crippen LogP contribution in [0.1, 0.15) is 0 Å². The van der Waals surface area contributed by atoms with Gasteiger partial charge in [0.05, 0.1) is 15.9 Å². The first-order chi connectivity index (χ1) is 24.8. The molecule has 4 aromatic heterocycles. The molecule has 10 rings (SSSR count). The van der Waals surface area contributed by atoms with Gasteiger partial charge in [0.15, 0.2) is 23.3 Å². The van der Waals surface area contributed by atoms with Crippen LogP contribution in [0.15, 0.2) is 156 Å². The van der Waals surface area contributed by atoms with E-state index in [0.29, 0.717) is 23.3 Å². The summed E-state index contributed by atoms with van der Waals surface area (Å²) in [5.74, 6) is 2.50. The molecule has 7 heteroatoms. The Labute approximate surface area is 290 Å². The van der Waals surface area contributed by atoms with Crippen molar-refractivity contribution < 1.29 is 4.42 Å². The van der Waals surface area contributed by atoms with Gasteiger partial charge in [-0.2, -0.15) is 0 Å². The van der Waals surface area contributed by atoms with E-state index in [9.17, 15) is 0 Å². The van der Waals surface area contributed by atoms with Gasteiger partial charge in [0.1, 0.15) is 11.2 Å². The van der Waals surface area contributed by atoms with Crippen molar-refractivity contribution in [2.45, 2.75) is 0 Å². The lowest BCUT2D eigenvalue weighted by molar-refractivity contribution is 0.670. The average Bonchev–Trinajstić information content (AvgIpc) is 3.77. The van der Waals surface area contributed by atoms with Crippen molar-refractivity contribution in [1.82, 2.24) is 24.9 Å². The quantitative estimate of drug-likeness (QED) is 0.183. The fourth-order valence-electron chi connectivity index (χ4n) is 6.60. The molecule has 4 heterocycles. The summed E-state index contributed by atoms with van der Waals surface area (Å²) in [6.07, 6.45) is 0. The van der Waals surface area contributed by atoms with Crippen molar-refractivity contribution >= 4 is 53.6 Å². The molecule has 0 amide bonds. The molecular formula is C43H25N5OS. The number of para-hydroxylation sites is 2. The fourth-order valence-corrected chi connectivity index (χ4v) is 7.86. The lowest BCUT2D eigenvalue weighted by Gasteiger charge is -2.09. The van der Waals surface area contributed by atoms with Crippen LogP contribution in [-0.4, -0.2) is 24.9 Å². The topological polar surface area (TPSA) is 77.6 Å². The van der Waals surface area contributed by atoms with E-state index in [-0.39, 0.29) is 0 Å². The van der Waals surface area contributed by atoms with Gasteiger partial charge >= 0.3 is 0 Å². The van der Waals surface area contributed by atoms with Crippen molar-refractivity contribution in [3.8, 4) is 56.8 Å². The molecule has 0 fully saturated rings. The molecule has 0 saturated carbocycles. The maximum atomic E-state index is 6.53. The van der Waals surface area contributed by atoms with Gasteiger partial charge in [-0.1, -0.05) is 133 Å². The van der Waals surface area contributed by atoms with E-state index in [2.05, 4.69) is 42.5 Å². The zero-order valence-electron chi connectivity index (χ0n) is 26.5. The molecule has 0 saturated heterocycles. The Morgan fingerprint density at radius 2 is 0.900 bits per heavy atom. The number of nitrogens with zero attached hydrogens (tertiary/aromatic N) is 5. The van der Waals surface area contributed by atoms with E-state index < -0.39 is 0 Å². The van der Waals surface area contributed by atoms with Crippen LogP contribution in [0.5, 0.6) is 0 Å². The van der Waals surface area contributed by atoms with Crippen molar-refractivity contribution in [2.75, 3.05) is 0 Å². The van der Waals surface area contributed by atoms with E-state index >= 15 is 0 Å². The minimum absolute atomic E-state index is 0.604. The first-order valence-corrected chi connectivity index (χ1v) is 17.2. The van der Waals surface area contributed by atoms with Gasteiger partial charge in [-0.3, -0.25) is 0 Å². The molecule has 0 aliphatic carbocycles. The second-order valence-corrected chi connectivity index (χ2v) is 13.1. The van der Waals surface area contributed by atoms with Gasteiger partial charge in [0, 0.05) is 48.7 Å². The summed E-state index contributed by atoms with van der Waals surface area (Å²) in [5.41, 5.74) is 8.00. The van der Waals surface area contributed by atoms with Crippen LogP contribution in [0.25, 0.3) is 99.1 Å². The number of fused-ring (bicyclic) bond motifs is 6. The number of furan rings is 1. The summed E-state index contributed by atoms with van der Waals surface area (Å²) in [4.78, 5) is 25.5. The number of benzene rings is 6. The molecule has 10 aromatic rings.